The van der Waals surface area contributed by atoms with Crippen LogP contribution in [-0.4, -0.2) is 34.9 Å². The summed E-state index contributed by atoms with van der Waals surface area (Å²) in [7, 11) is 0. The number of aliphatic hydroxyl groups excluding tert-OH is 1. The number of hydrogen-bond acceptors (Lipinski definition) is 3. The Balaban J connectivity index is 2.68. The lowest BCUT2D eigenvalue weighted by atomic mass is 10.2. The van der Waals surface area contributed by atoms with Crippen molar-refractivity contribution in [2.45, 2.75) is 12.5 Å². The maximum absolute atomic E-state index is 11.6. The van der Waals surface area contributed by atoms with E-state index >= 15 is 0 Å². The molecule has 0 aliphatic heterocycles. The van der Waals surface area contributed by atoms with Gasteiger partial charge in [0.15, 0.2) is 0 Å². The number of urea groups is 1. The number of aliphatic carboxylic acids is 1. The van der Waals surface area contributed by atoms with Crippen LogP contribution in [0.4, 0.5) is 10.5 Å². The van der Waals surface area contributed by atoms with Crippen molar-refractivity contribution >= 4 is 45.2 Å². The minimum atomic E-state index is -1.21. The quantitative estimate of drug-likeness (QED) is 0.652. The standard InChI is InChI=1S/C11H12BrClN2O4/c12-7-2-1-6(13)5-9(7)15-11(19)14-8(3-4-16)10(17)18/h1-2,5,8,16H,3-4H2,(H,17,18)(H2,14,15,19)/t8-/m0/s1. The number of carbonyl (C=O) groups excluding carboxylic acids is 1. The number of halogens is 2. The highest BCUT2D eigenvalue weighted by Gasteiger charge is 2.19. The van der Waals surface area contributed by atoms with Crippen LogP contribution in [-0.2, 0) is 4.79 Å². The maximum atomic E-state index is 11.6. The van der Waals surface area contributed by atoms with Crippen LogP contribution < -0.4 is 10.6 Å². The topological polar surface area (TPSA) is 98.7 Å². The molecule has 1 aromatic carbocycles. The third kappa shape index (κ3) is 5.06. The molecule has 0 heterocycles. The number of carbonyl (C=O) groups is 2. The van der Waals surface area contributed by atoms with Gasteiger partial charge in [0.05, 0.1) is 5.69 Å². The summed E-state index contributed by atoms with van der Waals surface area (Å²) in [6.07, 6.45) is -0.0700. The third-order valence-electron chi connectivity index (χ3n) is 2.20. The van der Waals surface area contributed by atoms with E-state index in [1.165, 1.54) is 6.07 Å². The normalized spacial score (nSPS) is 11.7. The van der Waals surface area contributed by atoms with E-state index in [9.17, 15) is 9.59 Å². The number of hydrogen-bond donors (Lipinski definition) is 4. The highest BCUT2D eigenvalue weighted by atomic mass is 79.9. The second-order valence-electron chi connectivity index (χ2n) is 3.63. The average molecular weight is 352 g/mol. The van der Waals surface area contributed by atoms with Gasteiger partial charge in [0.1, 0.15) is 6.04 Å². The molecule has 6 nitrogen and oxygen atoms in total. The second kappa shape index (κ2) is 7.32. The molecule has 1 aromatic rings. The van der Waals surface area contributed by atoms with Crippen molar-refractivity contribution in [2.24, 2.45) is 0 Å². The molecule has 0 aromatic heterocycles. The van der Waals surface area contributed by atoms with E-state index in [1.807, 2.05) is 0 Å². The van der Waals surface area contributed by atoms with Crippen molar-refractivity contribution in [1.29, 1.82) is 0 Å². The fourth-order valence-corrected chi connectivity index (χ4v) is 1.81. The Kier molecular flexibility index (Phi) is 6.07. The average Bonchev–Trinajstić information content (AvgIpc) is 2.33. The molecule has 0 radical (unpaired) electrons. The first-order valence-corrected chi connectivity index (χ1v) is 6.47. The van der Waals surface area contributed by atoms with Crippen molar-refractivity contribution in [1.82, 2.24) is 5.32 Å². The van der Waals surface area contributed by atoms with Crippen molar-refractivity contribution in [3.63, 3.8) is 0 Å². The number of carboxylic acid groups (broad SMARTS) is 1. The van der Waals surface area contributed by atoms with Crippen molar-refractivity contribution in [2.75, 3.05) is 11.9 Å². The van der Waals surface area contributed by atoms with Gasteiger partial charge in [-0.2, -0.15) is 0 Å². The molecule has 0 aliphatic carbocycles. The largest absolute Gasteiger partial charge is 0.480 e. The van der Waals surface area contributed by atoms with Crippen molar-refractivity contribution in [3.05, 3.63) is 27.7 Å². The zero-order chi connectivity index (χ0) is 14.4. The molecule has 2 amide bonds. The van der Waals surface area contributed by atoms with Crippen LogP contribution >= 0.6 is 27.5 Å². The van der Waals surface area contributed by atoms with Gasteiger partial charge < -0.3 is 20.8 Å². The first-order chi connectivity index (χ1) is 8.93. The van der Waals surface area contributed by atoms with E-state index in [1.54, 1.807) is 12.1 Å². The lowest BCUT2D eigenvalue weighted by Crippen LogP contribution is -2.43. The van der Waals surface area contributed by atoms with Crippen molar-refractivity contribution in [3.8, 4) is 0 Å². The molecule has 0 aliphatic rings. The predicted molar refractivity (Wildman–Crippen MR) is 74.4 cm³/mol. The summed E-state index contributed by atoms with van der Waals surface area (Å²) in [4.78, 5) is 22.4. The lowest BCUT2D eigenvalue weighted by molar-refractivity contribution is -0.139. The van der Waals surface area contributed by atoms with Gasteiger partial charge in [-0.25, -0.2) is 9.59 Å². The smallest absolute Gasteiger partial charge is 0.326 e. The molecule has 1 rings (SSSR count). The fraction of sp³-hybridized carbons (Fsp3) is 0.273. The number of aliphatic hydroxyl groups is 1. The van der Waals surface area contributed by atoms with Crippen LogP contribution in [0.1, 0.15) is 6.42 Å². The van der Waals surface area contributed by atoms with Crippen LogP contribution in [0, 0.1) is 0 Å². The molecule has 0 saturated heterocycles. The molecule has 0 bridgehead atoms. The summed E-state index contributed by atoms with van der Waals surface area (Å²) in [6, 6.07) is 2.97. The third-order valence-corrected chi connectivity index (χ3v) is 3.12. The summed E-state index contributed by atoms with van der Waals surface area (Å²) in [5.74, 6) is -1.21. The van der Waals surface area contributed by atoms with Gasteiger partial charge in [-0.05, 0) is 34.1 Å². The zero-order valence-electron chi connectivity index (χ0n) is 9.69. The van der Waals surface area contributed by atoms with Gasteiger partial charge in [0.25, 0.3) is 0 Å². The van der Waals surface area contributed by atoms with E-state index in [4.69, 9.17) is 21.8 Å². The number of benzene rings is 1. The van der Waals surface area contributed by atoms with Crippen LogP contribution in [0.3, 0.4) is 0 Å². The van der Waals surface area contributed by atoms with Crippen LogP contribution in [0.2, 0.25) is 5.02 Å². The Morgan fingerprint density at radius 2 is 2.11 bits per heavy atom. The van der Waals surface area contributed by atoms with Gasteiger partial charge in [-0.1, -0.05) is 11.6 Å². The van der Waals surface area contributed by atoms with E-state index in [0.717, 1.165) is 0 Å². The van der Waals surface area contributed by atoms with Crippen LogP contribution in [0.25, 0.3) is 0 Å². The molecule has 4 N–H and O–H groups in total. The number of rotatable bonds is 5. The Morgan fingerprint density at radius 3 is 2.68 bits per heavy atom. The molecule has 1 atom stereocenters. The number of anilines is 1. The van der Waals surface area contributed by atoms with Gasteiger partial charge >= 0.3 is 12.0 Å². The first kappa shape index (κ1) is 15.7. The van der Waals surface area contributed by atoms with Gasteiger partial charge in [0, 0.05) is 22.5 Å². The highest BCUT2D eigenvalue weighted by Crippen LogP contribution is 2.25. The summed E-state index contributed by atoms with van der Waals surface area (Å²) >= 11 is 9.01. The first-order valence-electron chi connectivity index (χ1n) is 5.30. The van der Waals surface area contributed by atoms with Crippen molar-refractivity contribution < 1.29 is 19.8 Å². The number of amides is 2. The minimum absolute atomic E-state index is 0.0700. The summed E-state index contributed by atoms with van der Waals surface area (Å²) < 4.78 is 0.612. The minimum Gasteiger partial charge on any atom is -0.480 e. The van der Waals surface area contributed by atoms with E-state index in [-0.39, 0.29) is 13.0 Å². The number of nitrogens with one attached hydrogen (secondary N) is 2. The van der Waals surface area contributed by atoms with Gasteiger partial charge in [-0.15, -0.1) is 0 Å². The zero-order valence-corrected chi connectivity index (χ0v) is 12.0. The SMILES string of the molecule is O=C(Nc1cc(Cl)ccc1Br)N[C@@H](CCO)C(=O)O. The van der Waals surface area contributed by atoms with E-state index < -0.39 is 18.0 Å². The Morgan fingerprint density at radius 1 is 1.42 bits per heavy atom. The van der Waals surface area contributed by atoms with E-state index in [0.29, 0.717) is 15.2 Å². The highest BCUT2D eigenvalue weighted by molar-refractivity contribution is 9.10. The van der Waals surface area contributed by atoms with Crippen LogP contribution in [0.15, 0.2) is 22.7 Å². The maximum Gasteiger partial charge on any atom is 0.326 e. The molecular weight excluding hydrogens is 339 g/mol. The monoisotopic (exact) mass is 350 g/mol. The van der Waals surface area contributed by atoms with Crippen LogP contribution in [0.5, 0.6) is 0 Å². The summed E-state index contributed by atoms with van der Waals surface area (Å²) in [5.41, 5.74) is 0.415. The Bertz CT molecular complexity index is 484. The lowest BCUT2D eigenvalue weighted by Gasteiger charge is -2.14. The summed E-state index contributed by atoms with van der Waals surface area (Å²) in [6.45, 7) is -0.335. The predicted octanol–water partition coefficient (Wildman–Crippen LogP) is 2.06. The molecule has 0 spiro atoms. The Hall–Kier alpha value is -1.31. The molecule has 8 heteroatoms. The van der Waals surface area contributed by atoms with E-state index in [2.05, 4.69) is 26.6 Å². The second-order valence-corrected chi connectivity index (χ2v) is 4.92. The molecule has 0 saturated carbocycles. The van der Waals surface area contributed by atoms with Gasteiger partial charge in [0.2, 0.25) is 0 Å². The molecule has 19 heavy (non-hydrogen) atoms. The molecule has 104 valence electrons. The Labute approximate surface area is 122 Å². The summed E-state index contributed by atoms with van der Waals surface area (Å²) in [5, 5.41) is 22.7. The molecule has 0 unspecified atom stereocenters. The molecule has 0 fully saturated rings. The van der Waals surface area contributed by atoms with Gasteiger partial charge in [-0.3, -0.25) is 0 Å². The molecular formula is C11H12BrClN2O4. The number of carboxylic acids is 1. The fourth-order valence-electron chi connectivity index (χ4n) is 1.30.